The molecule has 2 aromatic rings. The van der Waals surface area contributed by atoms with Crippen LogP contribution in [-0.4, -0.2) is 59.3 Å². The Morgan fingerprint density at radius 3 is 2.91 bits per heavy atom. The van der Waals surface area contributed by atoms with E-state index in [4.69, 9.17) is 0 Å². The molecule has 0 bridgehead atoms. The molecular weight excluding hydrogens is 290 g/mol. The van der Waals surface area contributed by atoms with Crippen molar-refractivity contribution < 1.29 is 4.79 Å². The molecule has 1 aromatic carbocycles. The number of hydrogen-bond acceptors (Lipinski definition) is 3. The summed E-state index contributed by atoms with van der Waals surface area (Å²) in [4.78, 5) is 16.8. The third-order valence-electron chi connectivity index (χ3n) is 4.27. The summed E-state index contributed by atoms with van der Waals surface area (Å²) >= 11 is 0. The van der Waals surface area contributed by atoms with Crippen LogP contribution in [0.4, 0.5) is 4.79 Å². The zero-order valence-corrected chi connectivity index (χ0v) is 13.4. The number of benzene rings is 1. The normalized spacial score (nSPS) is 18.8. The fraction of sp³-hybridized carbons (Fsp3) is 0.412. The molecule has 23 heavy (non-hydrogen) atoms. The maximum atomic E-state index is 12.6. The minimum atomic E-state index is 0.00967. The number of nitrogens with zero attached hydrogens (tertiary/aromatic N) is 3. The molecule has 1 fully saturated rings. The van der Waals surface area contributed by atoms with Gasteiger partial charge in [0.1, 0.15) is 0 Å². The van der Waals surface area contributed by atoms with Crippen LogP contribution >= 0.6 is 0 Å². The van der Waals surface area contributed by atoms with Crippen molar-refractivity contribution in [2.75, 3.05) is 33.2 Å². The molecule has 2 heterocycles. The fourth-order valence-corrected chi connectivity index (χ4v) is 2.95. The van der Waals surface area contributed by atoms with Gasteiger partial charge in [0, 0.05) is 32.4 Å². The van der Waals surface area contributed by atoms with Gasteiger partial charge < -0.3 is 15.1 Å². The van der Waals surface area contributed by atoms with Crippen LogP contribution in [0.2, 0.25) is 0 Å². The van der Waals surface area contributed by atoms with Crippen LogP contribution in [-0.2, 0) is 6.42 Å². The average Bonchev–Trinajstić information content (AvgIpc) is 3.09. The number of piperazine rings is 1. The predicted octanol–water partition coefficient (Wildman–Crippen LogP) is 1.65. The highest BCUT2D eigenvalue weighted by molar-refractivity contribution is 5.75. The van der Waals surface area contributed by atoms with Gasteiger partial charge in [0.15, 0.2) is 0 Å². The number of carbonyl (C=O) groups excluding carboxylic acids is 1. The molecule has 2 amide bonds. The lowest BCUT2D eigenvalue weighted by Crippen LogP contribution is -2.52. The summed E-state index contributed by atoms with van der Waals surface area (Å²) in [5, 5.41) is 9.73. The van der Waals surface area contributed by atoms with E-state index in [1.54, 1.807) is 6.20 Å². The molecule has 6 heteroatoms. The summed E-state index contributed by atoms with van der Waals surface area (Å²) < 4.78 is 0. The van der Waals surface area contributed by atoms with Gasteiger partial charge in [0.05, 0.1) is 12.2 Å². The van der Waals surface area contributed by atoms with Gasteiger partial charge in [-0.1, -0.05) is 30.3 Å². The second kappa shape index (κ2) is 7.28. The first-order valence-electron chi connectivity index (χ1n) is 7.99. The lowest BCUT2D eigenvalue weighted by atomic mass is 10.0. The van der Waals surface area contributed by atoms with Crippen molar-refractivity contribution in [2.24, 2.45) is 0 Å². The molecule has 1 unspecified atom stereocenters. The summed E-state index contributed by atoms with van der Waals surface area (Å²) in [5.74, 6) is 0. The third-order valence-corrected chi connectivity index (χ3v) is 4.27. The van der Waals surface area contributed by atoms with Crippen LogP contribution < -0.4 is 5.32 Å². The van der Waals surface area contributed by atoms with Crippen molar-refractivity contribution in [2.45, 2.75) is 12.5 Å². The Kier molecular flexibility index (Phi) is 4.92. The van der Waals surface area contributed by atoms with E-state index in [9.17, 15) is 4.79 Å². The summed E-state index contributed by atoms with van der Waals surface area (Å²) in [6.45, 7) is 3.12. The lowest BCUT2D eigenvalue weighted by molar-refractivity contribution is 0.109. The Balaban J connectivity index is 1.62. The Hall–Kier alpha value is -2.34. The third kappa shape index (κ3) is 3.90. The number of aromatic amines is 1. The average molecular weight is 313 g/mol. The Labute approximate surface area is 136 Å². The predicted molar refractivity (Wildman–Crippen MR) is 89.1 cm³/mol. The lowest BCUT2D eigenvalue weighted by Gasteiger charge is -2.40. The first-order valence-corrected chi connectivity index (χ1v) is 7.99. The maximum absolute atomic E-state index is 12.6. The Morgan fingerprint density at radius 1 is 1.35 bits per heavy atom. The molecule has 0 spiro atoms. The molecule has 0 saturated carbocycles. The smallest absolute Gasteiger partial charge is 0.318 e. The number of hydrogen-bond donors (Lipinski definition) is 2. The van der Waals surface area contributed by atoms with Crippen molar-refractivity contribution in [3.05, 3.63) is 53.9 Å². The number of H-pyrrole nitrogens is 1. The molecule has 2 N–H and O–H groups in total. The second-order valence-electron chi connectivity index (χ2n) is 5.97. The van der Waals surface area contributed by atoms with Gasteiger partial charge >= 0.3 is 6.03 Å². The highest BCUT2D eigenvalue weighted by Crippen LogP contribution is 2.24. The quantitative estimate of drug-likeness (QED) is 0.902. The molecule has 0 aliphatic carbocycles. The molecule has 1 atom stereocenters. The highest BCUT2D eigenvalue weighted by Gasteiger charge is 2.29. The molecule has 1 aliphatic heterocycles. The molecular formula is C17H23N5O. The van der Waals surface area contributed by atoms with Gasteiger partial charge in [-0.3, -0.25) is 5.10 Å². The van der Waals surface area contributed by atoms with Gasteiger partial charge in [-0.05, 0) is 24.6 Å². The topological polar surface area (TPSA) is 64.3 Å². The van der Waals surface area contributed by atoms with Crippen LogP contribution in [0.3, 0.4) is 0 Å². The summed E-state index contributed by atoms with van der Waals surface area (Å²) in [5.41, 5.74) is 2.28. The largest absolute Gasteiger partial charge is 0.338 e. The van der Waals surface area contributed by atoms with Crippen LogP contribution in [0, 0.1) is 0 Å². The number of rotatable bonds is 4. The first kappa shape index (κ1) is 15.6. The Bertz CT molecular complexity index is 613. The van der Waals surface area contributed by atoms with Crippen molar-refractivity contribution >= 4 is 6.03 Å². The molecule has 3 rings (SSSR count). The summed E-state index contributed by atoms with van der Waals surface area (Å²) in [7, 11) is 2.10. The molecule has 1 aliphatic rings. The number of carbonyl (C=O) groups is 1. The number of urea groups is 1. The summed E-state index contributed by atoms with van der Waals surface area (Å²) in [6.07, 6.45) is 4.43. The summed E-state index contributed by atoms with van der Waals surface area (Å²) in [6, 6.07) is 10.4. The fourth-order valence-electron chi connectivity index (χ4n) is 2.95. The van der Waals surface area contributed by atoms with Crippen molar-refractivity contribution in [1.29, 1.82) is 0 Å². The van der Waals surface area contributed by atoms with Gasteiger partial charge in [0.2, 0.25) is 0 Å². The van der Waals surface area contributed by atoms with Gasteiger partial charge in [-0.25, -0.2) is 4.79 Å². The maximum Gasteiger partial charge on any atom is 0.318 e. The van der Waals surface area contributed by atoms with E-state index < -0.39 is 0 Å². The van der Waals surface area contributed by atoms with E-state index >= 15 is 0 Å². The number of aromatic nitrogens is 2. The van der Waals surface area contributed by atoms with Gasteiger partial charge in [-0.2, -0.15) is 5.10 Å². The van der Waals surface area contributed by atoms with E-state index in [0.29, 0.717) is 6.54 Å². The van der Waals surface area contributed by atoms with E-state index in [1.165, 1.54) is 5.56 Å². The zero-order valence-electron chi connectivity index (χ0n) is 13.4. The van der Waals surface area contributed by atoms with E-state index in [1.807, 2.05) is 29.3 Å². The zero-order chi connectivity index (χ0) is 16.1. The second-order valence-corrected chi connectivity index (χ2v) is 5.97. The SMILES string of the molecule is CN1CCN(C(=O)NCCc2cn[nH]c2)C(c2ccccc2)C1. The molecule has 0 radical (unpaired) electrons. The van der Waals surface area contributed by atoms with Gasteiger partial charge in [0.25, 0.3) is 0 Å². The molecule has 122 valence electrons. The van der Waals surface area contributed by atoms with Crippen LogP contribution in [0.15, 0.2) is 42.7 Å². The van der Waals surface area contributed by atoms with Crippen LogP contribution in [0.1, 0.15) is 17.2 Å². The van der Waals surface area contributed by atoms with Gasteiger partial charge in [-0.15, -0.1) is 0 Å². The number of nitrogens with one attached hydrogen (secondary N) is 2. The van der Waals surface area contributed by atoms with Crippen LogP contribution in [0.25, 0.3) is 0 Å². The Morgan fingerprint density at radius 2 is 2.17 bits per heavy atom. The highest BCUT2D eigenvalue weighted by atomic mass is 16.2. The minimum Gasteiger partial charge on any atom is -0.338 e. The van der Waals surface area contributed by atoms with E-state index in [0.717, 1.165) is 31.6 Å². The number of amides is 2. The monoisotopic (exact) mass is 313 g/mol. The van der Waals surface area contributed by atoms with E-state index in [2.05, 4.69) is 39.6 Å². The van der Waals surface area contributed by atoms with E-state index in [-0.39, 0.29) is 12.1 Å². The molecule has 1 saturated heterocycles. The minimum absolute atomic E-state index is 0.00967. The first-order chi connectivity index (χ1) is 11.2. The molecule has 6 nitrogen and oxygen atoms in total. The molecule has 1 aromatic heterocycles. The van der Waals surface area contributed by atoms with Crippen molar-refractivity contribution in [3.63, 3.8) is 0 Å². The van der Waals surface area contributed by atoms with Crippen molar-refractivity contribution in [3.8, 4) is 0 Å². The van der Waals surface area contributed by atoms with Crippen LogP contribution in [0.5, 0.6) is 0 Å². The standard InChI is InChI=1S/C17H23N5O/c1-21-9-10-22(16(13-21)15-5-3-2-4-6-15)17(23)18-8-7-14-11-19-20-12-14/h2-6,11-12,16H,7-10,13H2,1H3,(H,18,23)(H,19,20). The van der Waals surface area contributed by atoms with Crippen molar-refractivity contribution in [1.82, 2.24) is 25.3 Å². The number of likely N-dealkylation sites (N-methyl/N-ethyl adjacent to an activating group) is 1.